The molecule has 10 heteroatoms. The van der Waals surface area contributed by atoms with Crippen molar-refractivity contribution in [2.45, 2.75) is 18.9 Å². The molecule has 0 bridgehead atoms. The van der Waals surface area contributed by atoms with Gasteiger partial charge in [-0.1, -0.05) is 41.9 Å². The van der Waals surface area contributed by atoms with Crippen molar-refractivity contribution in [3.8, 4) is 16.9 Å². The van der Waals surface area contributed by atoms with Gasteiger partial charge >= 0.3 is 6.03 Å². The van der Waals surface area contributed by atoms with Gasteiger partial charge < -0.3 is 10.1 Å². The summed E-state index contributed by atoms with van der Waals surface area (Å²) in [6.07, 6.45) is 3.69. The van der Waals surface area contributed by atoms with Crippen molar-refractivity contribution in [1.82, 2.24) is 29.8 Å². The van der Waals surface area contributed by atoms with Gasteiger partial charge in [0, 0.05) is 62.1 Å². The van der Waals surface area contributed by atoms with Crippen LogP contribution in [0.25, 0.3) is 16.9 Å². The molecule has 1 fully saturated rings. The van der Waals surface area contributed by atoms with Crippen LogP contribution >= 0.6 is 11.6 Å². The lowest BCUT2D eigenvalue weighted by Gasteiger charge is -2.21. The molecule has 9 nitrogen and oxygen atoms in total. The summed E-state index contributed by atoms with van der Waals surface area (Å²) < 4.78 is 8.80. The Morgan fingerprint density at radius 1 is 1.16 bits per heavy atom. The molecule has 0 spiro atoms. The van der Waals surface area contributed by atoms with Gasteiger partial charge in [0.2, 0.25) is 0 Å². The maximum atomic E-state index is 13.5. The first kappa shape index (κ1) is 26.0. The van der Waals surface area contributed by atoms with Gasteiger partial charge in [0.1, 0.15) is 11.5 Å². The van der Waals surface area contributed by atoms with Crippen LogP contribution in [0.15, 0.2) is 67.0 Å². The Balaban J connectivity index is 1.41. The highest BCUT2D eigenvalue weighted by molar-refractivity contribution is 6.30. The van der Waals surface area contributed by atoms with Crippen molar-refractivity contribution < 1.29 is 9.53 Å². The maximum Gasteiger partial charge on any atom is 0.320 e. The third-order valence-corrected chi connectivity index (χ3v) is 7.17. The molecule has 2 N–H and O–H groups in total. The highest BCUT2D eigenvalue weighted by Crippen LogP contribution is 2.32. The van der Waals surface area contributed by atoms with Crippen LogP contribution in [0.5, 0.6) is 0 Å². The van der Waals surface area contributed by atoms with Crippen LogP contribution in [0, 0.1) is 6.92 Å². The predicted octanol–water partition coefficient (Wildman–Crippen LogP) is 4.47. The van der Waals surface area contributed by atoms with Crippen LogP contribution in [-0.2, 0) is 11.8 Å². The SMILES string of the molecule is COCCN1CC(c2cccc(Cl)c2)[C@H](NC(=O)Nc2c(C)c(-c3cnn(C)c3)nn2-c2ccccc2)C1. The number of benzene rings is 2. The van der Waals surface area contributed by atoms with Crippen LogP contribution in [0.4, 0.5) is 10.6 Å². The predicted molar refractivity (Wildman–Crippen MR) is 149 cm³/mol. The number of aryl methyl sites for hydroxylation is 1. The zero-order valence-corrected chi connectivity index (χ0v) is 22.5. The van der Waals surface area contributed by atoms with E-state index in [4.69, 9.17) is 21.4 Å². The highest BCUT2D eigenvalue weighted by atomic mass is 35.5. The van der Waals surface area contributed by atoms with E-state index in [2.05, 4.69) is 26.7 Å². The summed E-state index contributed by atoms with van der Waals surface area (Å²) in [5.41, 5.74) is 4.46. The average molecular weight is 534 g/mol. The molecule has 2 aromatic carbocycles. The highest BCUT2D eigenvalue weighted by Gasteiger charge is 2.35. The molecule has 5 rings (SSSR count). The van der Waals surface area contributed by atoms with Crippen LogP contribution in [0.3, 0.4) is 0 Å². The fourth-order valence-corrected chi connectivity index (χ4v) is 5.24. The maximum absolute atomic E-state index is 13.5. The molecule has 0 aliphatic carbocycles. The summed E-state index contributed by atoms with van der Waals surface area (Å²) in [5.74, 6) is 0.712. The summed E-state index contributed by atoms with van der Waals surface area (Å²) in [5, 5.41) is 16.2. The van der Waals surface area contributed by atoms with Gasteiger partial charge in [-0.3, -0.25) is 14.9 Å². The van der Waals surface area contributed by atoms with Gasteiger partial charge in [-0.2, -0.15) is 10.2 Å². The number of rotatable bonds is 8. The molecular weight excluding hydrogens is 502 g/mol. The Labute approximate surface area is 227 Å². The number of anilines is 1. The Morgan fingerprint density at radius 2 is 1.97 bits per heavy atom. The first-order valence-corrected chi connectivity index (χ1v) is 13.0. The van der Waals surface area contributed by atoms with Gasteiger partial charge in [0.15, 0.2) is 0 Å². The number of carbonyl (C=O) groups excluding carboxylic acids is 1. The molecular formula is C28H32ClN7O2. The molecule has 1 aliphatic rings. The van der Waals surface area contributed by atoms with E-state index in [-0.39, 0.29) is 18.0 Å². The Bertz CT molecular complexity index is 1400. The number of amides is 2. The van der Waals surface area contributed by atoms with Gasteiger partial charge in [-0.15, -0.1) is 0 Å². The van der Waals surface area contributed by atoms with E-state index in [9.17, 15) is 4.79 Å². The molecule has 0 saturated carbocycles. The quantitative estimate of drug-likeness (QED) is 0.349. The van der Waals surface area contributed by atoms with E-state index < -0.39 is 0 Å². The van der Waals surface area contributed by atoms with Crippen molar-refractivity contribution >= 4 is 23.4 Å². The van der Waals surface area contributed by atoms with Crippen molar-refractivity contribution in [3.05, 3.63) is 83.1 Å². The van der Waals surface area contributed by atoms with Gasteiger partial charge in [-0.05, 0) is 36.8 Å². The first-order valence-electron chi connectivity index (χ1n) is 12.6. The Kier molecular flexibility index (Phi) is 7.78. The number of nitrogens with one attached hydrogen (secondary N) is 2. The fourth-order valence-electron chi connectivity index (χ4n) is 5.04. The number of hydrogen-bond donors (Lipinski definition) is 2. The zero-order chi connectivity index (χ0) is 26.6. The molecule has 1 unspecified atom stereocenters. The summed E-state index contributed by atoms with van der Waals surface area (Å²) >= 11 is 6.30. The second kappa shape index (κ2) is 11.4. The van der Waals surface area contributed by atoms with Crippen molar-refractivity contribution in [3.63, 3.8) is 0 Å². The van der Waals surface area contributed by atoms with Crippen LogP contribution < -0.4 is 10.6 Å². The summed E-state index contributed by atoms with van der Waals surface area (Å²) in [4.78, 5) is 15.8. The molecule has 198 valence electrons. The normalized spacial score (nSPS) is 17.6. The van der Waals surface area contributed by atoms with Crippen molar-refractivity contribution in [2.24, 2.45) is 7.05 Å². The lowest BCUT2D eigenvalue weighted by Crippen LogP contribution is -2.42. The smallest absolute Gasteiger partial charge is 0.320 e. The second-order valence-corrected chi connectivity index (χ2v) is 10.0. The minimum Gasteiger partial charge on any atom is -0.383 e. The number of likely N-dealkylation sites (tertiary alicyclic amines) is 1. The van der Waals surface area contributed by atoms with Crippen LogP contribution in [-0.4, -0.2) is 69.9 Å². The van der Waals surface area contributed by atoms with E-state index in [1.54, 1.807) is 22.7 Å². The summed E-state index contributed by atoms with van der Waals surface area (Å²) in [6.45, 7) is 4.91. The van der Waals surface area contributed by atoms with E-state index in [0.29, 0.717) is 24.0 Å². The second-order valence-electron chi connectivity index (χ2n) is 9.59. The molecule has 2 atom stereocenters. The number of ether oxygens (including phenoxy) is 1. The van der Waals surface area contributed by atoms with Crippen molar-refractivity contribution in [2.75, 3.05) is 38.7 Å². The molecule has 3 heterocycles. The number of methoxy groups -OCH3 is 1. The van der Waals surface area contributed by atoms with Gasteiger partial charge in [0.25, 0.3) is 0 Å². The minimum absolute atomic E-state index is 0.0994. The van der Waals surface area contributed by atoms with Crippen LogP contribution in [0.1, 0.15) is 17.0 Å². The molecule has 2 amide bonds. The fraction of sp³-hybridized carbons (Fsp3) is 0.321. The largest absolute Gasteiger partial charge is 0.383 e. The summed E-state index contributed by atoms with van der Waals surface area (Å²) in [7, 11) is 3.57. The summed E-state index contributed by atoms with van der Waals surface area (Å²) in [6, 6.07) is 17.2. The number of carbonyl (C=O) groups is 1. The first-order chi connectivity index (χ1) is 18.4. The lowest BCUT2D eigenvalue weighted by molar-refractivity contribution is 0.159. The van der Waals surface area contributed by atoms with E-state index in [1.807, 2.05) is 68.7 Å². The number of halogens is 1. The topological polar surface area (TPSA) is 89.2 Å². The standard InChI is InChI=1S/C28H32ClN7O2/c1-19-26(21-15-30-34(2)16-21)33-36(23-10-5-4-6-11-23)27(19)32-28(37)31-25-18-35(12-13-38-3)17-24(25)20-8-7-9-22(29)14-20/h4-11,14-16,24-25H,12-13,17-18H2,1-3H3,(H2,31,32,37)/t24?,25-/m1/s1. The molecule has 1 aliphatic heterocycles. The molecule has 4 aromatic rings. The average Bonchev–Trinajstić information content (AvgIpc) is 3.61. The number of aromatic nitrogens is 4. The van der Waals surface area contributed by atoms with E-state index in [0.717, 1.165) is 41.2 Å². The third-order valence-electron chi connectivity index (χ3n) is 6.93. The Hall–Kier alpha value is -3.66. The van der Waals surface area contributed by atoms with Gasteiger partial charge in [-0.25, -0.2) is 9.48 Å². The number of urea groups is 1. The van der Waals surface area contributed by atoms with E-state index >= 15 is 0 Å². The number of hydrogen-bond acceptors (Lipinski definition) is 5. The van der Waals surface area contributed by atoms with Gasteiger partial charge in [0.05, 0.1) is 24.5 Å². The number of nitrogens with zero attached hydrogens (tertiary/aromatic N) is 5. The number of para-hydroxylation sites is 1. The van der Waals surface area contributed by atoms with Crippen LogP contribution in [0.2, 0.25) is 5.02 Å². The lowest BCUT2D eigenvalue weighted by atomic mass is 9.94. The third kappa shape index (κ3) is 5.60. The van der Waals surface area contributed by atoms with E-state index in [1.165, 1.54) is 0 Å². The minimum atomic E-state index is -0.284. The molecule has 38 heavy (non-hydrogen) atoms. The zero-order valence-electron chi connectivity index (χ0n) is 21.8. The monoisotopic (exact) mass is 533 g/mol. The molecule has 2 aromatic heterocycles. The Morgan fingerprint density at radius 3 is 2.68 bits per heavy atom. The van der Waals surface area contributed by atoms with Crippen molar-refractivity contribution in [1.29, 1.82) is 0 Å². The molecule has 0 radical (unpaired) electrons. The molecule has 1 saturated heterocycles.